The van der Waals surface area contributed by atoms with E-state index in [0.717, 1.165) is 0 Å². The first-order valence-electron chi connectivity index (χ1n) is 5.84. The van der Waals surface area contributed by atoms with Crippen LogP contribution >= 0.6 is 0 Å². The molecule has 0 radical (unpaired) electrons. The summed E-state index contributed by atoms with van der Waals surface area (Å²) in [7, 11) is 0. The summed E-state index contributed by atoms with van der Waals surface area (Å²) in [6, 6.07) is 0. The summed E-state index contributed by atoms with van der Waals surface area (Å²) in [6.45, 7) is 3.34. The molecule has 2 atom stereocenters. The van der Waals surface area contributed by atoms with Crippen molar-refractivity contribution in [2.45, 2.75) is 13.3 Å². The predicted molar refractivity (Wildman–Crippen MR) is 62.5 cm³/mol. The number of carboxylic acids is 1. The van der Waals surface area contributed by atoms with Gasteiger partial charge in [-0.15, -0.1) is 0 Å². The molecule has 1 heterocycles. The minimum atomic E-state index is -0.977. The molecule has 0 spiro atoms. The van der Waals surface area contributed by atoms with Crippen molar-refractivity contribution < 1.29 is 25.2 Å². The van der Waals surface area contributed by atoms with E-state index < -0.39 is 23.7 Å². The minimum absolute atomic E-state index is 0.140. The van der Waals surface area contributed by atoms with E-state index >= 15 is 0 Å². The maximum atomic E-state index is 10.7. The lowest BCUT2D eigenvalue weighted by atomic mass is 9.81. The van der Waals surface area contributed by atoms with Gasteiger partial charge in [-0.3, -0.25) is 4.79 Å². The van der Waals surface area contributed by atoms with Gasteiger partial charge in [0.15, 0.2) is 0 Å². The number of nitrogens with one attached hydrogen (secondary N) is 1. The van der Waals surface area contributed by atoms with E-state index in [4.69, 9.17) is 20.4 Å². The van der Waals surface area contributed by atoms with Crippen LogP contribution in [0.4, 0.5) is 0 Å². The van der Waals surface area contributed by atoms with Crippen LogP contribution in [-0.4, -0.2) is 59.3 Å². The zero-order valence-electron chi connectivity index (χ0n) is 10.2. The molecule has 6 nitrogen and oxygen atoms in total. The van der Waals surface area contributed by atoms with E-state index in [-0.39, 0.29) is 26.2 Å². The van der Waals surface area contributed by atoms with E-state index in [1.54, 1.807) is 0 Å². The molecule has 17 heavy (non-hydrogen) atoms. The van der Waals surface area contributed by atoms with Gasteiger partial charge in [0.1, 0.15) is 0 Å². The Bertz CT molecular complexity index is 203. The fourth-order valence-corrected chi connectivity index (χ4v) is 1.55. The van der Waals surface area contributed by atoms with Crippen LogP contribution in [0.3, 0.4) is 0 Å². The summed E-state index contributed by atoms with van der Waals surface area (Å²) < 4.78 is 0. The van der Waals surface area contributed by atoms with Gasteiger partial charge in [0.25, 0.3) is 0 Å². The first kappa shape index (κ1) is 16.3. The normalized spacial score (nSPS) is 17.0. The van der Waals surface area contributed by atoms with Crippen LogP contribution in [0.5, 0.6) is 0 Å². The molecule has 1 aliphatic rings. The summed E-state index contributed by atoms with van der Waals surface area (Å²) in [5.41, 5.74) is 0. The third-order valence-corrected chi connectivity index (χ3v) is 2.82. The second-order valence-corrected chi connectivity index (χ2v) is 4.18. The SMILES string of the molecule is C1CN1.CC(C(=O)O)C(CCO)C(CO)CO. The summed E-state index contributed by atoms with van der Waals surface area (Å²) in [5.74, 6) is -2.53. The molecule has 0 saturated carbocycles. The highest BCUT2D eigenvalue weighted by molar-refractivity contribution is 5.69. The highest BCUT2D eigenvalue weighted by atomic mass is 16.4. The van der Waals surface area contributed by atoms with E-state index in [0.29, 0.717) is 0 Å². The summed E-state index contributed by atoms with van der Waals surface area (Å²) in [6.07, 6.45) is 0.277. The molecule has 1 saturated heterocycles. The Morgan fingerprint density at radius 3 is 1.94 bits per heavy atom. The zero-order valence-corrected chi connectivity index (χ0v) is 10.2. The van der Waals surface area contributed by atoms with Crippen molar-refractivity contribution in [1.29, 1.82) is 0 Å². The molecular formula is C11H23NO5. The molecule has 0 aromatic rings. The van der Waals surface area contributed by atoms with Crippen molar-refractivity contribution in [3.05, 3.63) is 0 Å². The van der Waals surface area contributed by atoms with Crippen LogP contribution in [-0.2, 0) is 4.79 Å². The first-order chi connectivity index (χ1) is 8.08. The number of rotatable bonds is 7. The van der Waals surface area contributed by atoms with E-state index in [9.17, 15) is 4.79 Å². The van der Waals surface area contributed by atoms with Gasteiger partial charge in [-0.1, -0.05) is 6.92 Å². The topological polar surface area (TPSA) is 120 Å². The largest absolute Gasteiger partial charge is 0.481 e. The molecular weight excluding hydrogens is 226 g/mol. The molecule has 1 fully saturated rings. The van der Waals surface area contributed by atoms with Gasteiger partial charge in [-0.05, 0) is 12.3 Å². The van der Waals surface area contributed by atoms with Gasteiger partial charge in [0.05, 0.1) is 5.92 Å². The number of aliphatic hydroxyl groups is 3. The van der Waals surface area contributed by atoms with Crippen LogP contribution in [0.2, 0.25) is 0 Å². The molecule has 0 aromatic carbocycles. The lowest BCUT2D eigenvalue weighted by molar-refractivity contribution is -0.144. The quantitative estimate of drug-likeness (QED) is 0.365. The lowest BCUT2D eigenvalue weighted by Gasteiger charge is -2.26. The van der Waals surface area contributed by atoms with Gasteiger partial charge in [0.2, 0.25) is 0 Å². The van der Waals surface area contributed by atoms with Gasteiger partial charge in [-0.25, -0.2) is 0 Å². The van der Waals surface area contributed by atoms with Crippen molar-refractivity contribution in [1.82, 2.24) is 5.32 Å². The Morgan fingerprint density at radius 2 is 1.71 bits per heavy atom. The first-order valence-corrected chi connectivity index (χ1v) is 5.84. The molecule has 1 rings (SSSR count). The molecule has 0 aliphatic carbocycles. The highest BCUT2D eigenvalue weighted by Gasteiger charge is 2.29. The van der Waals surface area contributed by atoms with Gasteiger partial charge in [-0.2, -0.15) is 0 Å². The Labute approximate surface area is 101 Å². The highest BCUT2D eigenvalue weighted by Crippen LogP contribution is 2.24. The summed E-state index contributed by atoms with van der Waals surface area (Å²) >= 11 is 0. The zero-order chi connectivity index (χ0) is 13.3. The van der Waals surface area contributed by atoms with Crippen LogP contribution in [0.1, 0.15) is 13.3 Å². The predicted octanol–water partition coefficient (Wildman–Crippen LogP) is -1.10. The van der Waals surface area contributed by atoms with Gasteiger partial charge >= 0.3 is 5.97 Å². The molecule has 1 aliphatic heterocycles. The standard InChI is InChI=1S/C9H18O5.C2H5N/c1-6(9(13)14)8(2-3-10)7(4-11)5-12;1-2-3-1/h6-8,10-12H,2-5H2,1H3,(H,13,14);3H,1-2H2. The minimum Gasteiger partial charge on any atom is -0.481 e. The van der Waals surface area contributed by atoms with Crippen molar-refractivity contribution in [2.24, 2.45) is 17.8 Å². The number of aliphatic hydroxyl groups excluding tert-OH is 3. The molecule has 6 heteroatoms. The fraction of sp³-hybridized carbons (Fsp3) is 0.909. The van der Waals surface area contributed by atoms with Crippen molar-refractivity contribution in [3.8, 4) is 0 Å². The monoisotopic (exact) mass is 249 g/mol. The Kier molecular flexibility index (Phi) is 8.97. The molecule has 102 valence electrons. The number of hydrogen-bond donors (Lipinski definition) is 5. The van der Waals surface area contributed by atoms with E-state index in [1.807, 2.05) is 0 Å². The third kappa shape index (κ3) is 7.27. The molecule has 0 amide bonds. The third-order valence-electron chi connectivity index (χ3n) is 2.82. The Balaban J connectivity index is 0.000000728. The Hall–Kier alpha value is -0.690. The lowest BCUT2D eigenvalue weighted by Crippen LogP contribution is -2.32. The second-order valence-electron chi connectivity index (χ2n) is 4.18. The summed E-state index contributed by atoms with van der Waals surface area (Å²) in [5, 5.41) is 38.4. The fourth-order valence-electron chi connectivity index (χ4n) is 1.55. The molecule has 2 unspecified atom stereocenters. The smallest absolute Gasteiger partial charge is 0.306 e. The van der Waals surface area contributed by atoms with Gasteiger partial charge in [0, 0.05) is 38.8 Å². The van der Waals surface area contributed by atoms with E-state index in [2.05, 4.69) is 5.32 Å². The molecule has 5 N–H and O–H groups in total. The van der Waals surface area contributed by atoms with Crippen molar-refractivity contribution in [2.75, 3.05) is 32.9 Å². The van der Waals surface area contributed by atoms with Gasteiger partial charge < -0.3 is 25.7 Å². The van der Waals surface area contributed by atoms with Crippen LogP contribution in [0.15, 0.2) is 0 Å². The number of aliphatic carboxylic acids is 1. The van der Waals surface area contributed by atoms with E-state index in [1.165, 1.54) is 20.0 Å². The average molecular weight is 249 g/mol. The molecule has 0 bridgehead atoms. The molecule has 0 aromatic heterocycles. The maximum Gasteiger partial charge on any atom is 0.306 e. The van der Waals surface area contributed by atoms with Crippen LogP contribution in [0.25, 0.3) is 0 Å². The second kappa shape index (κ2) is 9.35. The summed E-state index contributed by atoms with van der Waals surface area (Å²) in [4.78, 5) is 10.7. The number of hydrogen-bond acceptors (Lipinski definition) is 5. The van der Waals surface area contributed by atoms with Crippen molar-refractivity contribution >= 4 is 5.97 Å². The Morgan fingerprint density at radius 1 is 1.24 bits per heavy atom. The van der Waals surface area contributed by atoms with Crippen LogP contribution in [0, 0.1) is 17.8 Å². The van der Waals surface area contributed by atoms with Crippen LogP contribution < -0.4 is 5.32 Å². The number of carboxylic acid groups (broad SMARTS) is 1. The number of carbonyl (C=O) groups is 1. The average Bonchev–Trinajstić information content (AvgIpc) is 3.16. The maximum absolute atomic E-state index is 10.7. The van der Waals surface area contributed by atoms with Crippen molar-refractivity contribution in [3.63, 3.8) is 0 Å².